The van der Waals surface area contributed by atoms with E-state index in [0.717, 1.165) is 25.5 Å². The van der Waals surface area contributed by atoms with Crippen LogP contribution in [0.2, 0.25) is 0 Å². The van der Waals surface area contributed by atoms with Crippen LogP contribution in [0.5, 0.6) is 0 Å². The van der Waals surface area contributed by atoms with Gasteiger partial charge in [0.2, 0.25) is 0 Å². The van der Waals surface area contributed by atoms with Crippen LogP contribution in [0.4, 0.5) is 0 Å². The smallest absolute Gasteiger partial charge is 0.120 e. The minimum Gasteiger partial charge on any atom is -0.303 e. The van der Waals surface area contributed by atoms with Crippen LogP contribution in [-0.2, 0) is 4.79 Å². The lowest BCUT2D eigenvalue weighted by Gasteiger charge is -2.28. The zero-order chi connectivity index (χ0) is 13.4. The molecule has 0 aromatic heterocycles. The first-order valence-electron chi connectivity index (χ1n) is 7.37. The molecule has 1 saturated carbocycles. The standard InChI is InChI=1S/C17H28O/c1-14(2)7-6-8-15(3)13-17-10-5-4-9-16(17)11-12-18/h7,12-13,16-17H,4-6,8-11H2,1-3H3/b15-13+/t16-,17-/m1/s1. The van der Waals surface area contributed by atoms with E-state index in [9.17, 15) is 4.79 Å². The quantitative estimate of drug-likeness (QED) is 0.473. The predicted octanol–water partition coefficient (Wildman–Crippen LogP) is 5.07. The van der Waals surface area contributed by atoms with Gasteiger partial charge in [0.25, 0.3) is 0 Å². The summed E-state index contributed by atoms with van der Waals surface area (Å²) in [6, 6.07) is 0. The van der Waals surface area contributed by atoms with E-state index in [1.807, 2.05) is 0 Å². The van der Waals surface area contributed by atoms with Gasteiger partial charge in [0.05, 0.1) is 0 Å². The third-order valence-electron chi connectivity index (χ3n) is 3.96. The maximum Gasteiger partial charge on any atom is 0.120 e. The lowest BCUT2D eigenvalue weighted by molar-refractivity contribution is -0.109. The molecule has 18 heavy (non-hydrogen) atoms. The molecule has 0 aromatic carbocycles. The first kappa shape index (κ1) is 15.2. The van der Waals surface area contributed by atoms with Gasteiger partial charge in [-0.15, -0.1) is 0 Å². The molecule has 1 heteroatoms. The van der Waals surface area contributed by atoms with Crippen molar-refractivity contribution in [3.05, 3.63) is 23.3 Å². The van der Waals surface area contributed by atoms with Crippen LogP contribution in [0, 0.1) is 11.8 Å². The molecule has 1 fully saturated rings. The summed E-state index contributed by atoms with van der Waals surface area (Å²) >= 11 is 0. The number of hydrogen-bond acceptors (Lipinski definition) is 1. The molecule has 2 atom stereocenters. The zero-order valence-corrected chi connectivity index (χ0v) is 12.2. The summed E-state index contributed by atoms with van der Waals surface area (Å²) in [5.74, 6) is 1.25. The molecule has 1 aliphatic carbocycles. The molecule has 0 heterocycles. The fourth-order valence-electron chi connectivity index (χ4n) is 2.91. The Hall–Kier alpha value is -0.850. The lowest BCUT2D eigenvalue weighted by atomic mass is 9.77. The Balaban J connectivity index is 2.49. The van der Waals surface area contributed by atoms with Gasteiger partial charge in [-0.25, -0.2) is 0 Å². The van der Waals surface area contributed by atoms with Crippen molar-refractivity contribution in [2.24, 2.45) is 11.8 Å². The summed E-state index contributed by atoms with van der Waals surface area (Å²) in [7, 11) is 0. The summed E-state index contributed by atoms with van der Waals surface area (Å²) < 4.78 is 0. The molecule has 0 saturated heterocycles. The van der Waals surface area contributed by atoms with Crippen molar-refractivity contribution in [2.45, 2.75) is 65.7 Å². The monoisotopic (exact) mass is 248 g/mol. The Morgan fingerprint density at radius 3 is 2.56 bits per heavy atom. The van der Waals surface area contributed by atoms with Crippen molar-refractivity contribution >= 4 is 6.29 Å². The maximum absolute atomic E-state index is 10.7. The number of carbonyl (C=O) groups excluding carboxylic acids is 1. The molecule has 0 spiro atoms. The highest BCUT2D eigenvalue weighted by molar-refractivity contribution is 5.49. The van der Waals surface area contributed by atoms with E-state index in [0.29, 0.717) is 11.8 Å². The predicted molar refractivity (Wildman–Crippen MR) is 78.6 cm³/mol. The van der Waals surface area contributed by atoms with Crippen molar-refractivity contribution in [1.29, 1.82) is 0 Å². The Morgan fingerprint density at radius 2 is 1.89 bits per heavy atom. The third kappa shape index (κ3) is 5.66. The minimum atomic E-state index is 0.606. The van der Waals surface area contributed by atoms with Crippen LogP contribution in [0.25, 0.3) is 0 Å². The number of carbonyl (C=O) groups is 1. The van der Waals surface area contributed by atoms with Crippen LogP contribution in [0.3, 0.4) is 0 Å². The van der Waals surface area contributed by atoms with E-state index < -0.39 is 0 Å². The van der Waals surface area contributed by atoms with Gasteiger partial charge in [0.1, 0.15) is 6.29 Å². The molecular weight excluding hydrogens is 220 g/mol. The molecule has 0 aliphatic heterocycles. The molecule has 0 unspecified atom stereocenters. The SMILES string of the molecule is CC(C)=CCC/C(C)=C/[C@H]1CCCC[C@@H]1CC=O. The minimum absolute atomic E-state index is 0.606. The molecule has 1 nitrogen and oxygen atoms in total. The highest BCUT2D eigenvalue weighted by atomic mass is 16.1. The van der Waals surface area contributed by atoms with E-state index >= 15 is 0 Å². The molecular formula is C17H28O. The fraction of sp³-hybridized carbons (Fsp3) is 0.706. The summed E-state index contributed by atoms with van der Waals surface area (Å²) in [5.41, 5.74) is 2.90. The van der Waals surface area contributed by atoms with Crippen LogP contribution in [0.1, 0.15) is 65.7 Å². The number of hydrogen-bond donors (Lipinski definition) is 0. The first-order chi connectivity index (χ1) is 8.63. The van der Waals surface area contributed by atoms with E-state index in [1.54, 1.807) is 0 Å². The Bertz CT molecular complexity index is 308. The third-order valence-corrected chi connectivity index (χ3v) is 3.96. The topological polar surface area (TPSA) is 17.1 Å². The number of aldehydes is 1. The highest BCUT2D eigenvalue weighted by Crippen LogP contribution is 2.33. The second-order valence-corrected chi connectivity index (χ2v) is 5.94. The van der Waals surface area contributed by atoms with E-state index in [4.69, 9.17) is 0 Å². The van der Waals surface area contributed by atoms with Crippen LogP contribution in [0.15, 0.2) is 23.3 Å². The van der Waals surface area contributed by atoms with E-state index in [1.165, 1.54) is 36.8 Å². The largest absolute Gasteiger partial charge is 0.303 e. The Kier molecular flexibility index (Phi) is 7.00. The van der Waals surface area contributed by atoms with Crippen molar-refractivity contribution < 1.29 is 4.79 Å². The van der Waals surface area contributed by atoms with Gasteiger partial charge in [-0.1, -0.05) is 36.1 Å². The fourth-order valence-corrected chi connectivity index (χ4v) is 2.91. The highest BCUT2D eigenvalue weighted by Gasteiger charge is 2.22. The van der Waals surface area contributed by atoms with Crippen molar-refractivity contribution in [1.82, 2.24) is 0 Å². The molecule has 102 valence electrons. The molecule has 1 aliphatic rings. The lowest BCUT2D eigenvalue weighted by Crippen LogP contribution is -2.18. The average Bonchev–Trinajstić information content (AvgIpc) is 2.31. The molecule has 0 N–H and O–H groups in total. The van der Waals surface area contributed by atoms with Gasteiger partial charge in [0.15, 0.2) is 0 Å². The van der Waals surface area contributed by atoms with Crippen molar-refractivity contribution in [3.63, 3.8) is 0 Å². The summed E-state index contributed by atoms with van der Waals surface area (Å²) in [6.07, 6.45) is 14.1. The van der Waals surface area contributed by atoms with Gasteiger partial charge < -0.3 is 4.79 Å². The number of rotatable bonds is 6. The van der Waals surface area contributed by atoms with E-state index in [-0.39, 0.29) is 0 Å². The zero-order valence-electron chi connectivity index (χ0n) is 12.2. The van der Waals surface area contributed by atoms with Gasteiger partial charge in [-0.2, -0.15) is 0 Å². The molecule has 0 amide bonds. The molecule has 0 radical (unpaired) electrons. The second kappa shape index (κ2) is 8.29. The van der Waals surface area contributed by atoms with Gasteiger partial charge in [-0.05, 0) is 58.3 Å². The summed E-state index contributed by atoms with van der Waals surface area (Å²) in [4.78, 5) is 10.7. The second-order valence-electron chi connectivity index (χ2n) is 5.94. The number of allylic oxidation sites excluding steroid dienone is 4. The summed E-state index contributed by atoms with van der Waals surface area (Å²) in [6.45, 7) is 6.55. The average molecular weight is 248 g/mol. The van der Waals surface area contributed by atoms with Crippen LogP contribution in [-0.4, -0.2) is 6.29 Å². The Morgan fingerprint density at radius 1 is 1.17 bits per heavy atom. The van der Waals surface area contributed by atoms with Crippen LogP contribution < -0.4 is 0 Å². The van der Waals surface area contributed by atoms with Gasteiger partial charge in [-0.3, -0.25) is 0 Å². The van der Waals surface area contributed by atoms with Crippen molar-refractivity contribution in [3.8, 4) is 0 Å². The maximum atomic E-state index is 10.7. The van der Waals surface area contributed by atoms with Crippen molar-refractivity contribution in [2.75, 3.05) is 0 Å². The van der Waals surface area contributed by atoms with Gasteiger partial charge >= 0.3 is 0 Å². The molecule has 0 bridgehead atoms. The molecule has 0 aromatic rings. The first-order valence-corrected chi connectivity index (χ1v) is 7.37. The normalized spacial score (nSPS) is 24.7. The van der Waals surface area contributed by atoms with Crippen LogP contribution >= 0.6 is 0 Å². The summed E-state index contributed by atoms with van der Waals surface area (Å²) in [5, 5.41) is 0. The Labute approximate surface area is 112 Å². The molecule has 1 rings (SSSR count). The van der Waals surface area contributed by atoms with Gasteiger partial charge in [0, 0.05) is 6.42 Å². The van der Waals surface area contributed by atoms with E-state index in [2.05, 4.69) is 32.9 Å².